The molecule has 1 unspecified atom stereocenters. The van der Waals surface area contributed by atoms with Crippen LogP contribution in [0.2, 0.25) is 0 Å². The van der Waals surface area contributed by atoms with Gasteiger partial charge in [0.05, 0.1) is 6.61 Å². The van der Waals surface area contributed by atoms with E-state index in [1.165, 1.54) is 0 Å². The van der Waals surface area contributed by atoms with E-state index in [4.69, 9.17) is 4.74 Å². The zero-order valence-electron chi connectivity index (χ0n) is 8.51. The van der Waals surface area contributed by atoms with Crippen LogP contribution in [0.1, 0.15) is 26.7 Å². The van der Waals surface area contributed by atoms with Crippen LogP contribution < -0.4 is 0 Å². The summed E-state index contributed by atoms with van der Waals surface area (Å²) in [7, 11) is 0. The van der Waals surface area contributed by atoms with Gasteiger partial charge >= 0.3 is 5.97 Å². The van der Waals surface area contributed by atoms with Gasteiger partial charge in [0.15, 0.2) is 10.6 Å². The molecule has 0 radical (unpaired) electrons. The highest BCUT2D eigenvalue weighted by molar-refractivity contribution is 9.10. The van der Waals surface area contributed by atoms with Crippen LogP contribution in [0.5, 0.6) is 0 Å². The largest absolute Gasteiger partial charge is 0.465 e. The Morgan fingerprint density at radius 2 is 2.00 bits per heavy atom. The van der Waals surface area contributed by atoms with E-state index in [-0.39, 0.29) is 12.4 Å². The van der Waals surface area contributed by atoms with Crippen molar-refractivity contribution in [3.05, 3.63) is 12.2 Å². The first-order valence-electron chi connectivity index (χ1n) is 4.46. The number of halogens is 1. The lowest BCUT2D eigenvalue weighted by Crippen LogP contribution is -2.26. The first-order valence-corrected chi connectivity index (χ1v) is 5.38. The average Bonchev–Trinajstić information content (AvgIpc) is 2.13. The highest BCUT2D eigenvalue weighted by atomic mass is 79.9. The van der Waals surface area contributed by atoms with Crippen molar-refractivity contribution >= 4 is 27.7 Å². The summed E-state index contributed by atoms with van der Waals surface area (Å²) >= 11 is 3.01. The predicted molar refractivity (Wildman–Crippen MR) is 58.4 cm³/mol. The number of ether oxygens (including phenoxy) is 1. The Balaban J connectivity index is 3.98. The molecule has 0 heterocycles. The van der Waals surface area contributed by atoms with Crippen LogP contribution >= 0.6 is 15.9 Å². The summed E-state index contributed by atoms with van der Waals surface area (Å²) in [5.41, 5.74) is 0.932. The van der Waals surface area contributed by atoms with E-state index in [9.17, 15) is 9.59 Å². The minimum atomic E-state index is -0.832. The molecule has 80 valence electrons. The maximum atomic E-state index is 11.4. The number of carbonyl (C=O) groups is 2. The Morgan fingerprint density at radius 3 is 2.43 bits per heavy atom. The number of allylic oxidation sites excluding steroid dienone is 1. The van der Waals surface area contributed by atoms with E-state index in [1.807, 2.05) is 6.92 Å². The normalized spacial score (nSPS) is 11.9. The van der Waals surface area contributed by atoms with Crippen molar-refractivity contribution in [1.82, 2.24) is 0 Å². The van der Waals surface area contributed by atoms with Crippen molar-refractivity contribution in [2.24, 2.45) is 0 Å². The first-order chi connectivity index (χ1) is 6.49. The maximum Gasteiger partial charge on any atom is 0.327 e. The van der Waals surface area contributed by atoms with Gasteiger partial charge in [-0.15, -0.1) is 6.58 Å². The second-order valence-electron chi connectivity index (χ2n) is 3.04. The zero-order chi connectivity index (χ0) is 11.1. The van der Waals surface area contributed by atoms with Crippen LogP contribution in [0.4, 0.5) is 0 Å². The number of carbonyl (C=O) groups excluding carboxylic acids is 2. The minimum Gasteiger partial charge on any atom is -0.465 e. The summed E-state index contributed by atoms with van der Waals surface area (Å²) < 4.78 is 4.70. The van der Waals surface area contributed by atoms with Crippen LogP contribution in [-0.2, 0) is 14.3 Å². The molecule has 0 aliphatic heterocycles. The third kappa shape index (κ3) is 5.17. The molecule has 0 aliphatic rings. The van der Waals surface area contributed by atoms with Crippen molar-refractivity contribution in [2.45, 2.75) is 31.5 Å². The molecule has 0 aliphatic carbocycles. The van der Waals surface area contributed by atoms with E-state index < -0.39 is 10.8 Å². The molecule has 0 rings (SSSR count). The second-order valence-corrected chi connectivity index (χ2v) is 3.95. The minimum absolute atomic E-state index is 0.161. The molecule has 0 N–H and O–H groups in total. The fraction of sp³-hybridized carbons (Fsp3) is 0.600. The summed E-state index contributed by atoms with van der Waals surface area (Å²) in [5, 5.41) is 0. The molecule has 0 aromatic heterocycles. The number of hydrogen-bond donors (Lipinski definition) is 0. The van der Waals surface area contributed by atoms with Gasteiger partial charge in [-0.05, 0) is 20.3 Å². The topological polar surface area (TPSA) is 43.4 Å². The second kappa shape index (κ2) is 6.76. The van der Waals surface area contributed by atoms with Gasteiger partial charge < -0.3 is 4.74 Å². The lowest BCUT2D eigenvalue weighted by atomic mass is 10.1. The average molecular weight is 263 g/mol. The molecule has 0 aromatic carbocycles. The Kier molecular flexibility index (Phi) is 6.45. The van der Waals surface area contributed by atoms with Crippen LogP contribution in [0.3, 0.4) is 0 Å². The van der Waals surface area contributed by atoms with Gasteiger partial charge in [-0.2, -0.15) is 0 Å². The number of rotatable bonds is 6. The third-order valence-electron chi connectivity index (χ3n) is 1.57. The van der Waals surface area contributed by atoms with E-state index >= 15 is 0 Å². The Hall–Kier alpha value is -0.640. The molecular weight excluding hydrogens is 248 g/mol. The molecule has 0 saturated heterocycles. The molecule has 1 atom stereocenters. The molecule has 0 fully saturated rings. The van der Waals surface area contributed by atoms with Crippen molar-refractivity contribution in [1.29, 1.82) is 0 Å². The number of ketones is 1. The van der Waals surface area contributed by atoms with Gasteiger partial charge in [-0.3, -0.25) is 9.59 Å². The van der Waals surface area contributed by atoms with Gasteiger partial charge in [-0.1, -0.05) is 21.5 Å². The molecule has 0 saturated carbocycles. The van der Waals surface area contributed by atoms with Gasteiger partial charge in [0.25, 0.3) is 0 Å². The molecule has 0 bridgehead atoms. The summed E-state index contributed by atoms with van der Waals surface area (Å²) in [6.45, 7) is 7.52. The van der Waals surface area contributed by atoms with E-state index in [2.05, 4.69) is 22.5 Å². The molecular formula is C10H15BrO3. The number of Topliss-reactive ketones (excluding diaryl/α,β-unsaturated/α-hetero) is 1. The molecule has 3 nitrogen and oxygen atoms in total. The van der Waals surface area contributed by atoms with Gasteiger partial charge in [-0.25, -0.2) is 0 Å². The molecule has 0 amide bonds. The molecule has 0 aromatic rings. The molecule has 4 heteroatoms. The lowest BCUT2D eigenvalue weighted by Gasteiger charge is -2.07. The van der Waals surface area contributed by atoms with Crippen molar-refractivity contribution in [3.63, 3.8) is 0 Å². The fourth-order valence-electron chi connectivity index (χ4n) is 0.810. The van der Waals surface area contributed by atoms with Crippen LogP contribution in [-0.4, -0.2) is 23.2 Å². The monoisotopic (exact) mass is 262 g/mol. The summed E-state index contributed by atoms with van der Waals surface area (Å²) in [5.74, 6) is -0.675. The maximum absolute atomic E-state index is 11.4. The number of esters is 1. The predicted octanol–water partition coefficient (Wildman–Crippen LogP) is 2.24. The van der Waals surface area contributed by atoms with Gasteiger partial charge in [0.2, 0.25) is 0 Å². The molecule has 0 spiro atoms. The smallest absolute Gasteiger partial charge is 0.327 e. The van der Waals surface area contributed by atoms with Gasteiger partial charge in [0, 0.05) is 6.42 Å². The number of alkyl halides is 1. The SMILES string of the molecule is C=C(C)CCC(=O)C(Br)C(=O)OCC. The third-order valence-corrected chi connectivity index (χ3v) is 2.46. The highest BCUT2D eigenvalue weighted by Gasteiger charge is 2.23. The van der Waals surface area contributed by atoms with Crippen molar-refractivity contribution in [2.75, 3.05) is 6.61 Å². The standard InChI is InChI=1S/C10H15BrO3/c1-4-14-10(13)9(11)8(12)6-5-7(2)3/h9H,2,4-6H2,1,3H3. The zero-order valence-corrected chi connectivity index (χ0v) is 10.1. The summed E-state index contributed by atoms with van der Waals surface area (Å²) in [6, 6.07) is 0. The van der Waals surface area contributed by atoms with E-state index in [0.717, 1.165) is 5.57 Å². The van der Waals surface area contributed by atoms with Crippen LogP contribution in [0.15, 0.2) is 12.2 Å². The van der Waals surface area contributed by atoms with Crippen molar-refractivity contribution in [3.8, 4) is 0 Å². The van der Waals surface area contributed by atoms with Gasteiger partial charge in [0.1, 0.15) is 0 Å². The van der Waals surface area contributed by atoms with Crippen molar-refractivity contribution < 1.29 is 14.3 Å². The lowest BCUT2D eigenvalue weighted by molar-refractivity contribution is -0.144. The van der Waals surface area contributed by atoms with Crippen LogP contribution in [0, 0.1) is 0 Å². The molecule has 14 heavy (non-hydrogen) atoms. The quantitative estimate of drug-likeness (QED) is 0.319. The number of hydrogen-bond acceptors (Lipinski definition) is 3. The van der Waals surface area contributed by atoms with E-state index in [1.54, 1.807) is 6.92 Å². The Morgan fingerprint density at radius 1 is 1.43 bits per heavy atom. The van der Waals surface area contributed by atoms with E-state index in [0.29, 0.717) is 12.8 Å². The highest BCUT2D eigenvalue weighted by Crippen LogP contribution is 2.10. The Bertz CT molecular complexity index is 236. The summed E-state index contributed by atoms with van der Waals surface area (Å²) in [6.07, 6.45) is 0.935. The van der Waals surface area contributed by atoms with Crippen LogP contribution in [0.25, 0.3) is 0 Å². The first kappa shape index (κ1) is 13.4. The summed E-state index contributed by atoms with van der Waals surface area (Å²) in [4.78, 5) is 21.7. The fourth-order valence-corrected chi connectivity index (χ4v) is 1.17. The Labute approximate surface area is 92.6 Å².